The summed E-state index contributed by atoms with van der Waals surface area (Å²) in [6, 6.07) is 11.6. The summed E-state index contributed by atoms with van der Waals surface area (Å²) in [6.07, 6.45) is 1.00. The van der Waals surface area contributed by atoms with Gasteiger partial charge in [0.1, 0.15) is 19.1 Å². The van der Waals surface area contributed by atoms with E-state index in [0.29, 0.717) is 29.4 Å². The molecule has 0 spiro atoms. The molecule has 1 aliphatic rings. The largest absolute Gasteiger partial charge is 0.401 e. The Bertz CT molecular complexity index is 1220. The van der Waals surface area contributed by atoms with Crippen LogP contribution in [0.1, 0.15) is 18.9 Å². The average molecular weight is 459 g/mol. The van der Waals surface area contributed by atoms with Crippen molar-refractivity contribution in [2.75, 3.05) is 37.8 Å². The molecule has 1 N–H and O–H groups in total. The summed E-state index contributed by atoms with van der Waals surface area (Å²) < 4.78 is 30.3. The van der Waals surface area contributed by atoms with Gasteiger partial charge in [0.25, 0.3) is 5.56 Å². The Labute approximate surface area is 190 Å². The van der Waals surface area contributed by atoms with E-state index in [-0.39, 0.29) is 24.1 Å². The zero-order chi connectivity index (χ0) is 23.4. The summed E-state index contributed by atoms with van der Waals surface area (Å²) in [5.74, 6) is -0.181. The SMILES string of the molecule is CCN(CC1CCNC1)c1cc2c(cc1F)c(=O)n(OCc1ccccc1)c(=O)n2CCF. The highest BCUT2D eigenvalue weighted by Crippen LogP contribution is 2.26. The maximum atomic E-state index is 15.2. The molecule has 7 nitrogen and oxygen atoms in total. The normalized spacial score (nSPS) is 15.8. The maximum absolute atomic E-state index is 15.2. The second kappa shape index (κ2) is 10.2. The van der Waals surface area contributed by atoms with Crippen LogP contribution in [-0.4, -0.2) is 42.2 Å². The van der Waals surface area contributed by atoms with E-state index in [2.05, 4.69) is 5.32 Å². The third-order valence-electron chi connectivity index (χ3n) is 6.05. The van der Waals surface area contributed by atoms with Gasteiger partial charge in [-0.3, -0.25) is 9.36 Å². The lowest BCUT2D eigenvalue weighted by atomic mass is 10.1. The maximum Gasteiger partial charge on any atom is 0.365 e. The molecule has 2 aromatic carbocycles. The summed E-state index contributed by atoms with van der Waals surface area (Å²) in [5.41, 5.74) is -0.313. The molecule has 0 amide bonds. The van der Waals surface area contributed by atoms with Crippen LogP contribution >= 0.6 is 0 Å². The van der Waals surface area contributed by atoms with Crippen molar-refractivity contribution < 1.29 is 13.6 Å². The number of anilines is 1. The molecular weight excluding hydrogens is 430 g/mol. The number of fused-ring (bicyclic) bond motifs is 1. The van der Waals surface area contributed by atoms with Crippen molar-refractivity contribution in [3.63, 3.8) is 0 Å². The predicted molar refractivity (Wildman–Crippen MR) is 124 cm³/mol. The number of hydrogen-bond acceptors (Lipinski definition) is 5. The first kappa shape index (κ1) is 23.0. The van der Waals surface area contributed by atoms with E-state index in [4.69, 9.17) is 4.84 Å². The van der Waals surface area contributed by atoms with Crippen LogP contribution in [0.25, 0.3) is 10.9 Å². The molecule has 1 unspecified atom stereocenters. The second-order valence-corrected chi connectivity index (χ2v) is 8.20. The fourth-order valence-corrected chi connectivity index (χ4v) is 4.30. The number of rotatable bonds is 9. The number of aryl methyl sites for hydroxylation is 1. The van der Waals surface area contributed by atoms with E-state index in [1.807, 2.05) is 17.9 Å². The molecule has 0 radical (unpaired) electrons. The molecule has 1 fully saturated rings. The van der Waals surface area contributed by atoms with Gasteiger partial charge in [-0.15, -0.1) is 0 Å². The van der Waals surface area contributed by atoms with Gasteiger partial charge in [0, 0.05) is 13.1 Å². The van der Waals surface area contributed by atoms with Crippen LogP contribution in [0.3, 0.4) is 0 Å². The predicted octanol–water partition coefficient (Wildman–Crippen LogP) is 2.34. The van der Waals surface area contributed by atoms with Gasteiger partial charge < -0.3 is 15.1 Å². The molecule has 3 aromatic rings. The molecule has 1 saturated heterocycles. The van der Waals surface area contributed by atoms with Gasteiger partial charge in [-0.1, -0.05) is 35.1 Å². The van der Waals surface area contributed by atoms with Gasteiger partial charge in [-0.2, -0.15) is 0 Å². The van der Waals surface area contributed by atoms with Crippen molar-refractivity contribution in [2.45, 2.75) is 26.5 Å². The van der Waals surface area contributed by atoms with Crippen molar-refractivity contribution in [1.29, 1.82) is 0 Å². The first-order chi connectivity index (χ1) is 16.0. The van der Waals surface area contributed by atoms with E-state index >= 15 is 4.39 Å². The van der Waals surface area contributed by atoms with Gasteiger partial charge >= 0.3 is 5.69 Å². The average Bonchev–Trinajstić information content (AvgIpc) is 3.34. The van der Waals surface area contributed by atoms with E-state index < -0.39 is 23.7 Å². The Balaban J connectivity index is 1.78. The van der Waals surface area contributed by atoms with Crippen LogP contribution in [0.5, 0.6) is 0 Å². The summed E-state index contributed by atoms with van der Waals surface area (Å²) in [5, 5.41) is 3.27. The van der Waals surface area contributed by atoms with Crippen molar-refractivity contribution >= 4 is 16.6 Å². The summed E-state index contributed by atoms with van der Waals surface area (Å²) in [6.45, 7) is 3.81. The molecule has 0 saturated carbocycles. The number of halogens is 2. The van der Waals surface area contributed by atoms with Crippen LogP contribution in [0.4, 0.5) is 14.5 Å². The smallest absolute Gasteiger partial charge is 0.365 e. The van der Waals surface area contributed by atoms with Crippen LogP contribution < -0.4 is 26.3 Å². The highest BCUT2D eigenvalue weighted by atomic mass is 19.1. The lowest BCUT2D eigenvalue weighted by molar-refractivity contribution is 0.0770. The van der Waals surface area contributed by atoms with Crippen LogP contribution in [0.2, 0.25) is 0 Å². The van der Waals surface area contributed by atoms with Crippen LogP contribution in [0.15, 0.2) is 52.1 Å². The first-order valence-electron chi connectivity index (χ1n) is 11.2. The summed E-state index contributed by atoms with van der Waals surface area (Å²) >= 11 is 0. The van der Waals surface area contributed by atoms with Gasteiger partial charge in [-0.25, -0.2) is 13.6 Å². The Hall–Kier alpha value is -3.20. The number of alkyl halides is 1. The second-order valence-electron chi connectivity index (χ2n) is 8.20. The first-order valence-corrected chi connectivity index (χ1v) is 11.2. The molecule has 0 aliphatic carbocycles. The summed E-state index contributed by atoms with van der Waals surface area (Å²) in [7, 11) is 0. The highest BCUT2D eigenvalue weighted by Gasteiger charge is 2.22. The third-order valence-corrected chi connectivity index (χ3v) is 6.05. The van der Waals surface area contributed by atoms with Crippen molar-refractivity contribution in [1.82, 2.24) is 14.6 Å². The molecule has 2 heterocycles. The molecule has 1 atom stereocenters. The van der Waals surface area contributed by atoms with E-state index in [9.17, 15) is 14.0 Å². The van der Waals surface area contributed by atoms with Crippen LogP contribution in [0, 0.1) is 11.7 Å². The van der Waals surface area contributed by atoms with E-state index in [1.54, 1.807) is 24.3 Å². The molecule has 33 heavy (non-hydrogen) atoms. The van der Waals surface area contributed by atoms with Crippen molar-refractivity contribution in [3.8, 4) is 0 Å². The monoisotopic (exact) mass is 458 g/mol. The lowest BCUT2D eigenvalue weighted by Gasteiger charge is -2.27. The topological polar surface area (TPSA) is 68.5 Å². The van der Waals surface area contributed by atoms with Crippen molar-refractivity contribution in [3.05, 3.63) is 74.7 Å². The molecule has 9 heteroatoms. The zero-order valence-electron chi connectivity index (χ0n) is 18.6. The van der Waals surface area contributed by atoms with Gasteiger partial charge in [0.15, 0.2) is 0 Å². The minimum absolute atomic E-state index is 0.0310. The van der Waals surface area contributed by atoms with Gasteiger partial charge in [-0.05, 0) is 50.0 Å². The minimum Gasteiger partial charge on any atom is -0.401 e. The number of aromatic nitrogens is 2. The Morgan fingerprint density at radius 3 is 2.67 bits per heavy atom. The Morgan fingerprint density at radius 2 is 2.00 bits per heavy atom. The molecule has 4 rings (SSSR count). The highest BCUT2D eigenvalue weighted by molar-refractivity contribution is 5.82. The number of nitrogens with one attached hydrogen (secondary N) is 1. The van der Waals surface area contributed by atoms with Crippen LogP contribution in [-0.2, 0) is 13.2 Å². The van der Waals surface area contributed by atoms with Crippen molar-refractivity contribution in [2.24, 2.45) is 5.92 Å². The Kier molecular flexibility index (Phi) is 7.08. The lowest BCUT2D eigenvalue weighted by Crippen LogP contribution is -2.44. The number of hydrogen-bond donors (Lipinski definition) is 1. The fourth-order valence-electron chi connectivity index (χ4n) is 4.30. The van der Waals surface area contributed by atoms with E-state index in [0.717, 1.165) is 35.7 Å². The third kappa shape index (κ3) is 4.78. The summed E-state index contributed by atoms with van der Waals surface area (Å²) in [4.78, 5) is 33.5. The quantitative estimate of drug-likeness (QED) is 0.533. The number of nitrogens with zero attached hydrogens (tertiary/aromatic N) is 3. The molecule has 176 valence electrons. The molecule has 0 bridgehead atoms. The Morgan fingerprint density at radius 1 is 1.21 bits per heavy atom. The standard InChI is InChI=1S/C24H28F2N4O3/c1-2-28(15-18-8-10-27-14-18)22-13-21-19(12-20(22)26)23(31)30(24(32)29(21)11-9-25)33-16-17-6-4-3-5-7-17/h3-7,12-13,18,27H,2,8-11,14-16H2,1H3. The molecule has 1 aromatic heterocycles. The molecule has 1 aliphatic heterocycles. The van der Waals surface area contributed by atoms with E-state index in [1.165, 1.54) is 6.07 Å². The number of benzene rings is 2. The zero-order valence-corrected chi connectivity index (χ0v) is 18.6. The van der Waals surface area contributed by atoms with Gasteiger partial charge in [0.05, 0.1) is 23.1 Å². The molecular formula is C24H28F2N4O3. The minimum atomic E-state index is -0.816. The van der Waals surface area contributed by atoms with Gasteiger partial charge in [0.2, 0.25) is 0 Å². The fraction of sp³-hybridized carbons (Fsp3) is 0.417.